The summed E-state index contributed by atoms with van der Waals surface area (Å²) in [5.74, 6) is 0.210. The quantitative estimate of drug-likeness (QED) is 0.688. The lowest BCUT2D eigenvalue weighted by atomic mass is 10.2. The molecule has 0 radical (unpaired) electrons. The maximum Gasteiger partial charge on any atom is 0.294 e. The lowest BCUT2D eigenvalue weighted by molar-refractivity contribution is -0.139. The van der Waals surface area contributed by atoms with Crippen LogP contribution in [-0.4, -0.2) is 59.7 Å². The molecule has 29 heavy (non-hydrogen) atoms. The maximum absolute atomic E-state index is 12.6. The molecule has 0 aliphatic carbocycles. The SMILES string of the molecule is O=C(CN1C(=O)S/C(=C\c2ccc(-c3ccccc3Cl)o2)C1=O)N1CCOCC1. The minimum absolute atomic E-state index is 0.213. The highest BCUT2D eigenvalue weighted by Crippen LogP contribution is 2.34. The molecule has 2 aliphatic heterocycles. The van der Waals surface area contributed by atoms with Crippen LogP contribution in [0.1, 0.15) is 5.76 Å². The van der Waals surface area contributed by atoms with Crippen LogP contribution in [0.2, 0.25) is 5.02 Å². The van der Waals surface area contributed by atoms with Crippen LogP contribution in [0.15, 0.2) is 45.7 Å². The Hall–Kier alpha value is -2.55. The minimum Gasteiger partial charge on any atom is -0.457 e. The molecule has 1 aromatic heterocycles. The molecule has 0 saturated carbocycles. The van der Waals surface area contributed by atoms with Gasteiger partial charge in [-0.05, 0) is 36.0 Å². The molecule has 150 valence electrons. The monoisotopic (exact) mass is 432 g/mol. The Morgan fingerprint density at radius 2 is 1.90 bits per heavy atom. The van der Waals surface area contributed by atoms with Crippen molar-refractivity contribution < 1.29 is 23.5 Å². The first kappa shape index (κ1) is 19.8. The van der Waals surface area contributed by atoms with Gasteiger partial charge in [-0.2, -0.15) is 0 Å². The molecule has 0 bridgehead atoms. The van der Waals surface area contributed by atoms with Crippen molar-refractivity contribution in [2.45, 2.75) is 0 Å². The van der Waals surface area contributed by atoms with Crippen LogP contribution in [-0.2, 0) is 14.3 Å². The van der Waals surface area contributed by atoms with E-state index in [9.17, 15) is 14.4 Å². The first-order valence-electron chi connectivity index (χ1n) is 8.98. The first-order valence-corrected chi connectivity index (χ1v) is 10.2. The summed E-state index contributed by atoms with van der Waals surface area (Å²) in [6, 6.07) is 10.7. The Morgan fingerprint density at radius 1 is 1.14 bits per heavy atom. The van der Waals surface area contributed by atoms with Crippen molar-refractivity contribution in [3.63, 3.8) is 0 Å². The van der Waals surface area contributed by atoms with E-state index in [-0.39, 0.29) is 17.4 Å². The zero-order valence-corrected chi connectivity index (χ0v) is 16.9. The summed E-state index contributed by atoms with van der Waals surface area (Å²) in [4.78, 5) is 40.0. The molecule has 2 aromatic rings. The fourth-order valence-electron chi connectivity index (χ4n) is 3.05. The highest BCUT2D eigenvalue weighted by molar-refractivity contribution is 8.18. The van der Waals surface area contributed by atoms with Crippen LogP contribution < -0.4 is 0 Å². The molecule has 7 nitrogen and oxygen atoms in total. The predicted molar refractivity (Wildman–Crippen MR) is 109 cm³/mol. The Balaban J connectivity index is 1.48. The molecule has 4 rings (SSSR count). The molecule has 0 unspecified atom stereocenters. The number of hydrogen-bond acceptors (Lipinski definition) is 6. The number of ether oxygens (including phenoxy) is 1. The predicted octanol–water partition coefficient (Wildman–Crippen LogP) is 3.50. The van der Waals surface area contributed by atoms with Gasteiger partial charge in [0.2, 0.25) is 5.91 Å². The van der Waals surface area contributed by atoms with E-state index in [1.54, 1.807) is 23.1 Å². The van der Waals surface area contributed by atoms with Gasteiger partial charge < -0.3 is 14.1 Å². The van der Waals surface area contributed by atoms with E-state index in [1.807, 2.05) is 18.2 Å². The van der Waals surface area contributed by atoms with Crippen molar-refractivity contribution in [1.29, 1.82) is 0 Å². The van der Waals surface area contributed by atoms with Crippen molar-refractivity contribution in [3.8, 4) is 11.3 Å². The number of halogens is 1. The van der Waals surface area contributed by atoms with Gasteiger partial charge in [-0.15, -0.1) is 0 Å². The van der Waals surface area contributed by atoms with Crippen LogP contribution in [0.5, 0.6) is 0 Å². The maximum atomic E-state index is 12.6. The highest BCUT2D eigenvalue weighted by Gasteiger charge is 2.37. The molecular weight excluding hydrogens is 416 g/mol. The lowest BCUT2D eigenvalue weighted by Gasteiger charge is -2.27. The first-order chi connectivity index (χ1) is 14.0. The Bertz CT molecular complexity index is 996. The van der Waals surface area contributed by atoms with Crippen molar-refractivity contribution in [3.05, 3.63) is 52.1 Å². The van der Waals surface area contributed by atoms with Gasteiger partial charge in [0.1, 0.15) is 18.1 Å². The molecule has 1 aromatic carbocycles. The Morgan fingerprint density at radius 3 is 2.66 bits per heavy atom. The van der Waals surface area contributed by atoms with E-state index < -0.39 is 11.1 Å². The van der Waals surface area contributed by atoms with Gasteiger partial charge in [0.15, 0.2) is 0 Å². The van der Waals surface area contributed by atoms with Crippen LogP contribution in [0.3, 0.4) is 0 Å². The number of carbonyl (C=O) groups is 3. The number of benzene rings is 1. The standard InChI is InChI=1S/C20H17ClN2O5S/c21-15-4-2-1-3-14(15)16-6-5-13(28-16)11-17-19(25)23(20(26)29-17)12-18(24)22-7-9-27-10-8-22/h1-6,11H,7-10,12H2/b17-11-. The molecular formula is C20H17ClN2O5S. The van der Waals surface area contributed by atoms with Gasteiger partial charge in [0, 0.05) is 24.7 Å². The number of nitrogens with zero attached hydrogens (tertiary/aromatic N) is 2. The second kappa shape index (κ2) is 8.44. The number of hydrogen-bond donors (Lipinski definition) is 0. The summed E-state index contributed by atoms with van der Waals surface area (Å²) in [6.07, 6.45) is 1.50. The number of amides is 3. The number of rotatable bonds is 4. The van der Waals surface area contributed by atoms with E-state index >= 15 is 0 Å². The molecule has 2 aliphatic rings. The normalized spacial score (nSPS) is 18.7. The van der Waals surface area contributed by atoms with Crippen molar-refractivity contribution in [2.75, 3.05) is 32.8 Å². The summed E-state index contributed by atoms with van der Waals surface area (Å²) < 4.78 is 11.0. The fourth-order valence-corrected chi connectivity index (χ4v) is 4.10. The van der Waals surface area contributed by atoms with Gasteiger partial charge in [-0.3, -0.25) is 19.3 Å². The van der Waals surface area contributed by atoms with Crippen molar-refractivity contribution in [2.24, 2.45) is 0 Å². The molecule has 9 heteroatoms. The smallest absolute Gasteiger partial charge is 0.294 e. The lowest BCUT2D eigenvalue weighted by Crippen LogP contribution is -2.46. The molecule has 0 spiro atoms. The average molecular weight is 433 g/mol. The van der Waals surface area contributed by atoms with E-state index in [0.717, 1.165) is 22.2 Å². The molecule has 0 atom stereocenters. The number of imide groups is 1. The molecule has 2 saturated heterocycles. The van der Waals surface area contributed by atoms with Gasteiger partial charge in [-0.1, -0.05) is 23.7 Å². The number of morpholine rings is 1. The molecule has 2 fully saturated rings. The van der Waals surface area contributed by atoms with Crippen molar-refractivity contribution >= 4 is 46.5 Å². The van der Waals surface area contributed by atoms with Crippen molar-refractivity contribution in [1.82, 2.24) is 9.80 Å². The summed E-state index contributed by atoms with van der Waals surface area (Å²) in [6.45, 7) is 1.56. The topological polar surface area (TPSA) is 80.1 Å². The molecule has 0 N–H and O–H groups in total. The summed E-state index contributed by atoms with van der Waals surface area (Å²) >= 11 is 6.97. The average Bonchev–Trinajstić information content (AvgIpc) is 3.29. The number of furan rings is 1. The van der Waals surface area contributed by atoms with Gasteiger partial charge in [-0.25, -0.2) is 0 Å². The number of carbonyl (C=O) groups excluding carboxylic acids is 3. The summed E-state index contributed by atoms with van der Waals surface area (Å²) in [7, 11) is 0. The third kappa shape index (κ3) is 4.24. The van der Waals surface area contributed by atoms with Crippen LogP contribution in [0.25, 0.3) is 17.4 Å². The second-order valence-electron chi connectivity index (χ2n) is 6.44. The molecule has 3 amide bonds. The van der Waals surface area contributed by atoms with Crippen LogP contribution in [0.4, 0.5) is 4.79 Å². The van der Waals surface area contributed by atoms with E-state index in [0.29, 0.717) is 42.8 Å². The zero-order valence-electron chi connectivity index (χ0n) is 15.3. The largest absolute Gasteiger partial charge is 0.457 e. The van der Waals surface area contributed by atoms with Gasteiger partial charge >= 0.3 is 0 Å². The fraction of sp³-hybridized carbons (Fsp3) is 0.250. The van der Waals surface area contributed by atoms with Gasteiger partial charge in [0.05, 0.1) is 23.1 Å². The highest BCUT2D eigenvalue weighted by atomic mass is 35.5. The number of thioether (sulfide) groups is 1. The Labute approximate surface area is 176 Å². The summed E-state index contributed by atoms with van der Waals surface area (Å²) in [5, 5.41) is 0.0797. The summed E-state index contributed by atoms with van der Waals surface area (Å²) in [5.41, 5.74) is 0.734. The van der Waals surface area contributed by atoms with E-state index in [4.69, 9.17) is 20.8 Å². The van der Waals surface area contributed by atoms with E-state index in [1.165, 1.54) is 6.08 Å². The molecule has 3 heterocycles. The zero-order chi connectivity index (χ0) is 20.4. The minimum atomic E-state index is -0.502. The third-order valence-electron chi connectivity index (χ3n) is 4.57. The van der Waals surface area contributed by atoms with E-state index in [2.05, 4.69) is 0 Å². The Kier molecular flexibility index (Phi) is 5.75. The second-order valence-corrected chi connectivity index (χ2v) is 7.84. The van der Waals surface area contributed by atoms with Gasteiger partial charge in [0.25, 0.3) is 11.1 Å². The third-order valence-corrected chi connectivity index (χ3v) is 5.81. The van der Waals surface area contributed by atoms with Crippen LogP contribution >= 0.6 is 23.4 Å². The van der Waals surface area contributed by atoms with Crippen LogP contribution in [0, 0.1) is 0 Å².